The zero-order valence-electron chi connectivity index (χ0n) is 14.4. The molecule has 2 aliphatic rings. The second-order valence-electron chi connectivity index (χ2n) is 7.50. The number of rotatable bonds is 8. The predicted molar refractivity (Wildman–Crippen MR) is 91.6 cm³/mol. The minimum Gasteiger partial charge on any atom is -0.329 e. The Morgan fingerprint density at radius 2 is 1.81 bits per heavy atom. The van der Waals surface area contributed by atoms with E-state index in [2.05, 4.69) is 23.6 Å². The van der Waals surface area contributed by atoms with Crippen molar-refractivity contribution in [1.82, 2.24) is 9.80 Å². The van der Waals surface area contributed by atoms with Crippen molar-refractivity contribution in [1.29, 1.82) is 0 Å². The minimum absolute atomic E-state index is 0.234. The minimum atomic E-state index is 0.234. The van der Waals surface area contributed by atoms with E-state index in [1.54, 1.807) is 0 Å². The monoisotopic (exact) mass is 295 g/mol. The van der Waals surface area contributed by atoms with Crippen molar-refractivity contribution in [3.63, 3.8) is 0 Å². The summed E-state index contributed by atoms with van der Waals surface area (Å²) in [6.07, 6.45) is 12.3. The number of likely N-dealkylation sites (tertiary alicyclic amines) is 2. The molecule has 3 nitrogen and oxygen atoms in total. The maximum atomic E-state index is 6.17. The van der Waals surface area contributed by atoms with Gasteiger partial charge >= 0.3 is 0 Å². The molecular formula is C18H37N3. The Labute approximate surface area is 132 Å². The third kappa shape index (κ3) is 4.67. The number of hydrogen-bond acceptors (Lipinski definition) is 3. The first-order valence-electron chi connectivity index (χ1n) is 9.39. The number of hydrogen-bond donors (Lipinski definition) is 1. The van der Waals surface area contributed by atoms with Crippen LogP contribution in [0.4, 0.5) is 0 Å². The first kappa shape index (κ1) is 17.2. The molecule has 0 aromatic rings. The van der Waals surface area contributed by atoms with Crippen molar-refractivity contribution in [2.24, 2.45) is 5.73 Å². The van der Waals surface area contributed by atoms with Crippen molar-refractivity contribution < 1.29 is 0 Å². The Kier molecular flexibility index (Phi) is 6.97. The predicted octanol–water partition coefficient (Wildman–Crippen LogP) is 3.23. The van der Waals surface area contributed by atoms with E-state index in [0.717, 1.165) is 12.6 Å². The van der Waals surface area contributed by atoms with Crippen LogP contribution < -0.4 is 5.73 Å². The quantitative estimate of drug-likeness (QED) is 0.698. The van der Waals surface area contributed by atoms with Gasteiger partial charge in [0.25, 0.3) is 0 Å². The van der Waals surface area contributed by atoms with Crippen LogP contribution in [0.25, 0.3) is 0 Å². The van der Waals surface area contributed by atoms with E-state index in [-0.39, 0.29) is 5.54 Å². The van der Waals surface area contributed by atoms with Gasteiger partial charge in [-0.1, -0.05) is 39.0 Å². The molecule has 0 aromatic carbocycles. The van der Waals surface area contributed by atoms with Crippen molar-refractivity contribution in [3.05, 3.63) is 0 Å². The van der Waals surface area contributed by atoms with Crippen molar-refractivity contribution in [3.8, 4) is 0 Å². The Morgan fingerprint density at radius 3 is 2.48 bits per heavy atom. The molecule has 0 radical (unpaired) electrons. The van der Waals surface area contributed by atoms with Crippen LogP contribution in [0.5, 0.6) is 0 Å². The first-order chi connectivity index (χ1) is 10.2. The van der Waals surface area contributed by atoms with Gasteiger partial charge in [0.05, 0.1) is 0 Å². The second-order valence-corrected chi connectivity index (χ2v) is 7.50. The van der Waals surface area contributed by atoms with Gasteiger partial charge in [-0.25, -0.2) is 0 Å². The molecule has 0 aromatic heterocycles. The van der Waals surface area contributed by atoms with Gasteiger partial charge in [-0.15, -0.1) is 0 Å². The summed E-state index contributed by atoms with van der Waals surface area (Å²) in [6.45, 7) is 10.7. The summed E-state index contributed by atoms with van der Waals surface area (Å²) in [7, 11) is 0. The molecule has 2 atom stereocenters. The Morgan fingerprint density at radius 1 is 1.05 bits per heavy atom. The normalized spacial score (nSPS) is 27.9. The molecule has 2 aliphatic heterocycles. The Balaban J connectivity index is 1.81. The number of nitrogens with two attached hydrogens (primary N) is 1. The highest BCUT2D eigenvalue weighted by molar-refractivity contribution is 4.95. The number of nitrogens with zero attached hydrogens (tertiary/aromatic N) is 2. The molecule has 3 heteroatoms. The van der Waals surface area contributed by atoms with Gasteiger partial charge in [0, 0.05) is 31.2 Å². The summed E-state index contributed by atoms with van der Waals surface area (Å²) in [5.41, 5.74) is 6.40. The van der Waals surface area contributed by atoms with E-state index < -0.39 is 0 Å². The summed E-state index contributed by atoms with van der Waals surface area (Å²) < 4.78 is 0. The first-order valence-corrected chi connectivity index (χ1v) is 9.39. The average molecular weight is 296 g/mol. The fraction of sp³-hybridized carbons (Fsp3) is 1.00. The highest BCUT2D eigenvalue weighted by Crippen LogP contribution is 2.29. The van der Waals surface area contributed by atoms with Crippen LogP contribution in [-0.2, 0) is 0 Å². The lowest BCUT2D eigenvalue weighted by molar-refractivity contribution is 0.104. The molecule has 0 saturated carbocycles. The molecular weight excluding hydrogens is 258 g/mol. The second kappa shape index (κ2) is 8.50. The van der Waals surface area contributed by atoms with Crippen LogP contribution in [0.2, 0.25) is 0 Å². The molecule has 2 unspecified atom stereocenters. The van der Waals surface area contributed by atoms with Crippen LogP contribution in [0, 0.1) is 0 Å². The van der Waals surface area contributed by atoms with Crippen LogP contribution in [-0.4, -0.2) is 54.1 Å². The standard InChI is InChI=1S/C18H37N3/c1-3-4-5-7-11-18(2,16-19)21-14-10-17(15-21)20-12-8-6-9-13-20/h17H,3-16,19H2,1-2H3. The summed E-state index contributed by atoms with van der Waals surface area (Å²) in [6, 6.07) is 0.798. The van der Waals surface area contributed by atoms with E-state index in [1.807, 2.05) is 0 Å². The molecule has 0 spiro atoms. The lowest BCUT2D eigenvalue weighted by Crippen LogP contribution is -2.52. The van der Waals surface area contributed by atoms with Crippen LogP contribution in [0.3, 0.4) is 0 Å². The summed E-state index contributed by atoms with van der Waals surface area (Å²) in [5.74, 6) is 0. The molecule has 0 amide bonds. The lowest BCUT2D eigenvalue weighted by Gasteiger charge is -2.39. The van der Waals surface area contributed by atoms with Crippen molar-refractivity contribution in [2.45, 2.75) is 83.2 Å². The van der Waals surface area contributed by atoms with Gasteiger partial charge in [-0.3, -0.25) is 9.80 Å². The van der Waals surface area contributed by atoms with E-state index in [9.17, 15) is 0 Å². The van der Waals surface area contributed by atoms with Crippen LogP contribution >= 0.6 is 0 Å². The van der Waals surface area contributed by atoms with E-state index in [1.165, 1.54) is 84.0 Å². The van der Waals surface area contributed by atoms with Crippen molar-refractivity contribution >= 4 is 0 Å². The number of piperidine rings is 1. The third-order valence-corrected chi connectivity index (χ3v) is 5.84. The van der Waals surface area contributed by atoms with Gasteiger partial charge < -0.3 is 5.73 Å². The molecule has 2 fully saturated rings. The Bertz CT molecular complexity index is 288. The maximum absolute atomic E-state index is 6.17. The molecule has 0 aliphatic carbocycles. The highest BCUT2D eigenvalue weighted by atomic mass is 15.3. The molecule has 2 saturated heterocycles. The van der Waals surface area contributed by atoms with Gasteiger partial charge in [0.1, 0.15) is 0 Å². The molecule has 0 bridgehead atoms. The van der Waals surface area contributed by atoms with E-state index in [0.29, 0.717) is 0 Å². The van der Waals surface area contributed by atoms with Gasteiger partial charge in [0.15, 0.2) is 0 Å². The third-order valence-electron chi connectivity index (χ3n) is 5.84. The van der Waals surface area contributed by atoms with E-state index >= 15 is 0 Å². The molecule has 124 valence electrons. The lowest BCUT2D eigenvalue weighted by atomic mass is 9.92. The fourth-order valence-electron chi connectivity index (χ4n) is 4.14. The fourth-order valence-corrected chi connectivity index (χ4v) is 4.14. The summed E-state index contributed by atoms with van der Waals surface area (Å²) >= 11 is 0. The molecule has 2 rings (SSSR count). The Hall–Kier alpha value is -0.120. The molecule has 21 heavy (non-hydrogen) atoms. The van der Waals surface area contributed by atoms with Gasteiger partial charge in [-0.2, -0.15) is 0 Å². The topological polar surface area (TPSA) is 32.5 Å². The average Bonchev–Trinajstić information content (AvgIpc) is 3.03. The zero-order valence-corrected chi connectivity index (χ0v) is 14.4. The SMILES string of the molecule is CCCCCCC(C)(CN)N1CCC(N2CCCCC2)C1. The summed E-state index contributed by atoms with van der Waals surface area (Å²) in [5, 5.41) is 0. The molecule has 2 heterocycles. The van der Waals surface area contributed by atoms with Crippen LogP contribution in [0.1, 0.15) is 71.6 Å². The highest BCUT2D eigenvalue weighted by Gasteiger charge is 2.37. The largest absolute Gasteiger partial charge is 0.329 e. The van der Waals surface area contributed by atoms with Crippen molar-refractivity contribution in [2.75, 3.05) is 32.7 Å². The smallest absolute Gasteiger partial charge is 0.0304 e. The van der Waals surface area contributed by atoms with Crippen LogP contribution in [0.15, 0.2) is 0 Å². The zero-order chi connectivity index (χ0) is 15.1. The van der Waals surface area contributed by atoms with E-state index in [4.69, 9.17) is 5.73 Å². The summed E-state index contributed by atoms with van der Waals surface area (Å²) in [4.78, 5) is 5.45. The van der Waals surface area contributed by atoms with Gasteiger partial charge in [-0.05, 0) is 45.7 Å². The van der Waals surface area contributed by atoms with Gasteiger partial charge in [0.2, 0.25) is 0 Å². The number of unbranched alkanes of at least 4 members (excludes halogenated alkanes) is 3. The molecule has 2 N–H and O–H groups in total. The maximum Gasteiger partial charge on any atom is 0.0304 e.